The Morgan fingerprint density at radius 3 is 2.62 bits per heavy atom. The molecule has 0 aromatic carbocycles. The largest absolute Gasteiger partial charge is 0.345 e. The minimum atomic E-state index is -0.127. The van der Waals surface area contributed by atoms with Crippen LogP contribution in [0.15, 0.2) is 12.3 Å². The standard InChI is InChI=1S/C9H11ClN2O/c1-6-4-8(10)7(5-11-6)9(13)12(2)3/h4-5H,1-3H3. The molecule has 0 atom stereocenters. The average Bonchev–Trinajstić information content (AvgIpc) is 2.03. The minimum Gasteiger partial charge on any atom is -0.345 e. The van der Waals surface area contributed by atoms with E-state index in [-0.39, 0.29) is 5.91 Å². The maximum Gasteiger partial charge on any atom is 0.256 e. The van der Waals surface area contributed by atoms with E-state index < -0.39 is 0 Å². The second-order valence-electron chi connectivity index (χ2n) is 3.01. The van der Waals surface area contributed by atoms with Gasteiger partial charge in [-0.05, 0) is 13.0 Å². The zero-order valence-corrected chi connectivity index (χ0v) is 8.59. The number of hydrogen-bond acceptors (Lipinski definition) is 2. The fourth-order valence-corrected chi connectivity index (χ4v) is 1.21. The number of rotatable bonds is 1. The van der Waals surface area contributed by atoms with Crippen LogP contribution in [0.5, 0.6) is 0 Å². The van der Waals surface area contributed by atoms with Gasteiger partial charge in [-0.1, -0.05) is 11.6 Å². The third kappa shape index (κ3) is 2.18. The Hall–Kier alpha value is -1.09. The molecule has 1 heterocycles. The molecule has 0 radical (unpaired) electrons. The second-order valence-corrected chi connectivity index (χ2v) is 3.41. The highest BCUT2D eigenvalue weighted by Crippen LogP contribution is 2.16. The quantitative estimate of drug-likeness (QED) is 0.689. The van der Waals surface area contributed by atoms with Gasteiger partial charge in [0.25, 0.3) is 5.91 Å². The van der Waals surface area contributed by atoms with Crippen molar-refractivity contribution in [1.82, 2.24) is 9.88 Å². The lowest BCUT2D eigenvalue weighted by Crippen LogP contribution is -2.22. The third-order valence-corrected chi connectivity index (χ3v) is 1.94. The van der Waals surface area contributed by atoms with E-state index in [0.717, 1.165) is 5.69 Å². The van der Waals surface area contributed by atoms with E-state index in [2.05, 4.69) is 4.98 Å². The predicted octanol–water partition coefficient (Wildman–Crippen LogP) is 1.75. The molecule has 0 aliphatic rings. The van der Waals surface area contributed by atoms with E-state index in [9.17, 15) is 4.79 Å². The van der Waals surface area contributed by atoms with Gasteiger partial charge in [-0.2, -0.15) is 0 Å². The Morgan fingerprint density at radius 1 is 1.54 bits per heavy atom. The second kappa shape index (κ2) is 3.75. The van der Waals surface area contributed by atoms with Crippen LogP contribution in [-0.4, -0.2) is 29.9 Å². The van der Waals surface area contributed by atoms with Crippen molar-refractivity contribution in [2.24, 2.45) is 0 Å². The van der Waals surface area contributed by atoms with E-state index >= 15 is 0 Å². The van der Waals surface area contributed by atoms with Crippen molar-refractivity contribution < 1.29 is 4.79 Å². The number of hydrogen-bond donors (Lipinski definition) is 0. The lowest BCUT2D eigenvalue weighted by Gasteiger charge is -2.10. The summed E-state index contributed by atoms with van der Waals surface area (Å²) in [5.74, 6) is -0.127. The summed E-state index contributed by atoms with van der Waals surface area (Å²) in [4.78, 5) is 17.0. The molecule has 1 aromatic rings. The Bertz CT molecular complexity index is 336. The van der Waals surface area contributed by atoms with Crippen LogP contribution in [-0.2, 0) is 0 Å². The van der Waals surface area contributed by atoms with Gasteiger partial charge in [-0.25, -0.2) is 0 Å². The number of aromatic nitrogens is 1. The summed E-state index contributed by atoms with van der Waals surface area (Å²) >= 11 is 5.88. The van der Waals surface area contributed by atoms with Crippen molar-refractivity contribution in [2.75, 3.05) is 14.1 Å². The van der Waals surface area contributed by atoms with Crippen LogP contribution in [0.2, 0.25) is 5.02 Å². The molecule has 13 heavy (non-hydrogen) atoms. The van der Waals surface area contributed by atoms with Gasteiger partial charge < -0.3 is 4.90 Å². The Morgan fingerprint density at radius 2 is 2.15 bits per heavy atom. The number of carbonyl (C=O) groups is 1. The highest BCUT2D eigenvalue weighted by molar-refractivity contribution is 6.33. The minimum absolute atomic E-state index is 0.127. The van der Waals surface area contributed by atoms with Crippen LogP contribution >= 0.6 is 11.6 Å². The van der Waals surface area contributed by atoms with E-state index in [1.807, 2.05) is 6.92 Å². The molecule has 70 valence electrons. The number of carbonyl (C=O) groups excluding carboxylic acids is 1. The Kier molecular flexibility index (Phi) is 2.88. The molecule has 1 aromatic heterocycles. The molecule has 0 fully saturated rings. The summed E-state index contributed by atoms with van der Waals surface area (Å²) in [5.41, 5.74) is 1.25. The molecular weight excluding hydrogens is 188 g/mol. The molecule has 0 N–H and O–H groups in total. The molecular formula is C9H11ClN2O. The first-order valence-electron chi connectivity index (χ1n) is 3.86. The molecule has 4 heteroatoms. The van der Waals surface area contributed by atoms with Gasteiger partial charge in [0.1, 0.15) is 0 Å². The van der Waals surface area contributed by atoms with Crippen molar-refractivity contribution in [3.05, 3.63) is 28.5 Å². The van der Waals surface area contributed by atoms with Gasteiger partial charge in [0.05, 0.1) is 10.6 Å². The number of halogens is 1. The molecule has 1 amide bonds. The van der Waals surface area contributed by atoms with Gasteiger partial charge in [-0.3, -0.25) is 9.78 Å². The number of amides is 1. The smallest absolute Gasteiger partial charge is 0.256 e. The number of nitrogens with zero attached hydrogens (tertiary/aromatic N) is 2. The predicted molar refractivity (Wildman–Crippen MR) is 52.0 cm³/mol. The highest BCUT2D eigenvalue weighted by Gasteiger charge is 2.12. The third-order valence-electron chi connectivity index (χ3n) is 1.63. The number of pyridine rings is 1. The molecule has 3 nitrogen and oxygen atoms in total. The van der Waals surface area contributed by atoms with E-state index in [1.54, 1.807) is 20.2 Å². The van der Waals surface area contributed by atoms with Crippen molar-refractivity contribution in [3.8, 4) is 0 Å². The van der Waals surface area contributed by atoms with Crippen molar-refractivity contribution in [1.29, 1.82) is 0 Å². The summed E-state index contributed by atoms with van der Waals surface area (Å²) in [6, 6.07) is 1.68. The highest BCUT2D eigenvalue weighted by atomic mass is 35.5. The lowest BCUT2D eigenvalue weighted by molar-refractivity contribution is 0.0827. The van der Waals surface area contributed by atoms with E-state index in [1.165, 1.54) is 11.1 Å². The van der Waals surface area contributed by atoms with Crippen LogP contribution in [0, 0.1) is 6.92 Å². The SMILES string of the molecule is Cc1cc(Cl)c(C(=O)N(C)C)cn1. The lowest BCUT2D eigenvalue weighted by atomic mass is 10.2. The zero-order chi connectivity index (χ0) is 10.0. The van der Waals surface area contributed by atoms with Crippen LogP contribution in [0.4, 0.5) is 0 Å². The fraction of sp³-hybridized carbons (Fsp3) is 0.333. The molecule has 1 rings (SSSR count). The summed E-state index contributed by atoms with van der Waals surface area (Å²) in [6.45, 7) is 1.83. The molecule has 0 saturated carbocycles. The maximum atomic E-state index is 11.5. The van der Waals surface area contributed by atoms with Crippen molar-refractivity contribution in [3.63, 3.8) is 0 Å². The first-order valence-corrected chi connectivity index (χ1v) is 4.24. The van der Waals surface area contributed by atoms with E-state index in [0.29, 0.717) is 10.6 Å². The van der Waals surface area contributed by atoms with Crippen molar-refractivity contribution >= 4 is 17.5 Å². The number of aryl methyl sites for hydroxylation is 1. The van der Waals surface area contributed by atoms with Gasteiger partial charge in [-0.15, -0.1) is 0 Å². The van der Waals surface area contributed by atoms with Gasteiger partial charge in [0, 0.05) is 26.0 Å². The van der Waals surface area contributed by atoms with Crippen LogP contribution in [0.3, 0.4) is 0 Å². The maximum absolute atomic E-state index is 11.5. The summed E-state index contributed by atoms with van der Waals surface area (Å²) in [6.07, 6.45) is 1.50. The normalized spacial score (nSPS) is 9.85. The zero-order valence-electron chi connectivity index (χ0n) is 7.84. The Balaban J connectivity index is 3.09. The summed E-state index contributed by atoms with van der Waals surface area (Å²) in [5, 5.41) is 0.450. The molecule has 0 aliphatic heterocycles. The summed E-state index contributed by atoms with van der Waals surface area (Å²) < 4.78 is 0. The van der Waals surface area contributed by atoms with Gasteiger partial charge in [0.15, 0.2) is 0 Å². The summed E-state index contributed by atoms with van der Waals surface area (Å²) in [7, 11) is 3.36. The van der Waals surface area contributed by atoms with Gasteiger partial charge in [0.2, 0.25) is 0 Å². The van der Waals surface area contributed by atoms with Crippen LogP contribution in [0.1, 0.15) is 16.1 Å². The topological polar surface area (TPSA) is 33.2 Å². The average molecular weight is 199 g/mol. The molecule has 0 saturated heterocycles. The fourth-order valence-electron chi connectivity index (χ4n) is 0.925. The van der Waals surface area contributed by atoms with Crippen LogP contribution < -0.4 is 0 Å². The van der Waals surface area contributed by atoms with Gasteiger partial charge >= 0.3 is 0 Å². The van der Waals surface area contributed by atoms with Crippen molar-refractivity contribution in [2.45, 2.75) is 6.92 Å². The first-order chi connectivity index (χ1) is 6.02. The Labute approximate surface area is 82.3 Å². The molecule has 0 unspecified atom stereocenters. The van der Waals surface area contributed by atoms with Crippen LogP contribution in [0.25, 0.3) is 0 Å². The molecule has 0 aliphatic carbocycles. The first kappa shape index (κ1) is 9.99. The molecule has 0 spiro atoms. The van der Waals surface area contributed by atoms with E-state index in [4.69, 9.17) is 11.6 Å². The molecule has 0 bridgehead atoms. The monoisotopic (exact) mass is 198 g/mol.